The monoisotopic (exact) mass is 104 g/mol. The van der Waals surface area contributed by atoms with E-state index in [1.54, 1.807) is 0 Å². The van der Waals surface area contributed by atoms with Gasteiger partial charge in [-0.05, 0) is 0 Å². The van der Waals surface area contributed by atoms with Crippen LogP contribution in [-0.4, -0.2) is 0 Å². The number of nitrogens with two attached hydrogens (primary N) is 1. The Morgan fingerprint density at radius 1 is 2.00 bits per heavy atom. The molecular weight excluding hydrogens is 100 g/mol. The average molecular weight is 104 g/mol. The molecule has 1 rings (SSSR count). The molecule has 0 atom stereocenters. The Balaban J connectivity index is 2.45. The highest BCUT2D eigenvalue weighted by Gasteiger charge is 1.96. The maximum Gasteiger partial charge on any atom is 0.177 e. The van der Waals surface area contributed by atoms with E-state index in [1.807, 2.05) is 0 Å². The van der Waals surface area contributed by atoms with Gasteiger partial charge in [0.1, 0.15) is 12.1 Å². The minimum atomic E-state index is 0.569. The Hall–Kier alpha value is -0.510. The van der Waals surface area contributed by atoms with Gasteiger partial charge in [0.05, 0.1) is 0 Å². The van der Waals surface area contributed by atoms with Crippen molar-refractivity contribution in [3.05, 3.63) is 12.1 Å². The predicted octanol–water partition coefficient (Wildman–Crippen LogP) is -0.0730. The summed E-state index contributed by atoms with van der Waals surface area (Å²) in [5.74, 6) is 0.569. The number of hydrogen-bond acceptors (Lipinski definition) is 4. The van der Waals surface area contributed by atoms with Crippen molar-refractivity contribution in [1.82, 2.24) is 4.72 Å². The van der Waals surface area contributed by atoms with E-state index in [4.69, 9.17) is 5.73 Å². The molecule has 0 unspecified atom stereocenters. The molecule has 6 heavy (non-hydrogen) atoms. The third-order valence-electron chi connectivity index (χ3n) is 0.383. The zero-order valence-corrected chi connectivity index (χ0v) is 3.79. The van der Waals surface area contributed by atoms with E-state index in [2.05, 4.69) is 8.91 Å². The fraction of sp³-hybridized carbons (Fsp3) is 0. The molecule has 0 bridgehead atoms. The van der Waals surface area contributed by atoms with Crippen LogP contribution in [0.3, 0.4) is 0 Å². The van der Waals surface area contributed by atoms with Gasteiger partial charge in [-0.25, -0.2) is 0 Å². The highest BCUT2D eigenvalue weighted by Crippen LogP contribution is 2.05. The van der Waals surface area contributed by atoms with Crippen molar-refractivity contribution in [1.29, 1.82) is 0 Å². The Morgan fingerprint density at radius 2 is 2.83 bits per heavy atom. The third kappa shape index (κ3) is 0.514. The first-order valence-electron chi connectivity index (χ1n) is 1.43. The lowest BCUT2D eigenvalue weighted by Crippen LogP contribution is -2.06. The summed E-state index contributed by atoms with van der Waals surface area (Å²) in [6.45, 7) is 0. The molecule has 0 spiro atoms. The van der Waals surface area contributed by atoms with Crippen molar-refractivity contribution < 1.29 is 4.18 Å². The van der Waals surface area contributed by atoms with Gasteiger partial charge < -0.3 is 9.92 Å². The molecule has 0 saturated carbocycles. The predicted molar refractivity (Wildman–Crippen MR) is 24.1 cm³/mol. The van der Waals surface area contributed by atoms with E-state index >= 15 is 0 Å². The van der Waals surface area contributed by atoms with Gasteiger partial charge in [0, 0.05) is 0 Å². The standard InChI is InChI=1S/C2H4N2OS/c3-2-1-5-6-4-2/h1,4H,3H2. The van der Waals surface area contributed by atoms with Crippen molar-refractivity contribution in [3.63, 3.8) is 0 Å². The van der Waals surface area contributed by atoms with Crippen LogP contribution in [0.25, 0.3) is 0 Å². The van der Waals surface area contributed by atoms with Gasteiger partial charge in [0.25, 0.3) is 0 Å². The molecule has 0 aromatic heterocycles. The summed E-state index contributed by atoms with van der Waals surface area (Å²) in [4.78, 5) is 0. The molecule has 3 nitrogen and oxygen atoms in total. The van der Waals surface area contributed by atoms with Crippen molar-refractivity contribution in [3.8, 4) is 0 Å². The summed E-state index contributed by atoms with van der Waals surface area (Å²) in [6.07, 6.45) is 1.45. The third-order valence-corrected chi connectivity index (χ3v) is 0.894. The molecule has 0 fully saturated rings. The summed E-state index contributed by atoms with van der Waals surface area (Å²) in [6, 6.07) is 0. The van der Waals surface area contributed by atoms with Crippen LogP contribution >= 0.6 is 12.2 Å². The minimum absolute atomic E-state index is 0.569. The van der Waals surface area contributed by atoms with Gasteiger partial charge in [-0.2, -0.15) is 0 Å². The molecule has 0 aromatic carbocycles. The van der Waals surface area contributed by atoms with Gasteiger partial charge in [-0.3, -0.25) is 4.72 Å². The summed E-state index contributed by atoms with van der Waals surface area (Å²) in [5.41, 5.74) is 5.14. The molecule has 0 aromatic rings. The van der Waals surface area contributed by atoms with Gasteiger partial charge >= 0.3 is 0 Å². The van der Waals surface area contributed by atoms with Crippen molar-refractivity contribution in [2.24, 2.45) is 5.73 Å². The van der Waals surface area contributed by atoms with Crippen LogP contribution in [0.1, 0.15) is 0 Å². The highest BCUT2D eigenvalue weighted by molar-refractivity contribution is 7.93. The molecule has 0 saturated heterocycles. The summed E-state index contributed by atoms with van der Waals surface area (Å²) in [7, 11) is 0. The highest BCUT2D eigenvalue weighted by atomic mass is 32.2. The number of nitrogens with one attached hydrogen (secondary N) is 1. The van der Waals surface area contributed by atoms with Crippen LogP contribution in [-0.2, 0) is 4.18 Å². The normalized spacial score (nSPS) is 18.3. The molecule has 0 aliphatic carbocycles. The first-order valence-corrected chi connectivity index (χ1v) is 2.18. The Kier molecular flexibility index (Phi) is 0.795. The molecular formula is C2H4N2OS. The molecule has 4 heteroatoms. The topological polar surface area (TPSA) is 47.3 Å². The summed E-state index contributed by atoms with van der Waals surface area (Å²) in [5, 5.41) is 0. The van der Waals surface area contributed by atoms with Crippen LogP contribution in [0.4, 0.5) is 0 Å². The van der Waals surface area contributed by atoms with Crippen molar-refractivity contribution >= 4 is 12.2 Å². The minimum Gasteiger partial charge on any atom is -0.409 e. The smallest absolute Gasteiger partial charge is 0.177 e. The van der Waals surface area contributed by atoms with Crippen molar-refractivity contribution in [2.45, 2.75) is 0 Å². The lowest BCUT2D eigenvalue weighted by Gasteiger charge is -1.83. The Labute approximate surface area is 39.9 Å². The second kappa shape index (κ2) is 1.30. The Morgan fingerprint density at radius 3 is 3.00 bits per heavy atom. The van der Waals surface area contributed by atoms with Gasteiger partial charge in [-0.1, -0.05) is 0 Å². The maximum atomic E-state index is 5.14. The fourth-order valence-electron chi connectivity index (χ4n) is 0.172. The molecule has 1 aliphatic rings. The lowest BCUT2D eigenvalue weighted by atomic mass is 10.9. The van der Waals surface area contributed by atoms with Gasteiger partial charge in [0.2, 0.25) is 0 Å². The van der Waals surface area contributed by atoms with E-state index in [1.165, 1.54) is 6.26 Å². The van der Waals surface area contributed by atoms with E-state index in [9.17, 15) is 0 Å². The van der Waals surface area contributed by atoms with E-state index in [0.717, 1.165) is 12.2 Å². The lowest BCUT2D eigenvalue weighted by molar-refractivity contribution is 0.575. The molecule has 3 N–H and O–H groups in total. The zero-order valence-electron chi connectivity index (χ0n) is 2.97. The number of rotatable bonds is 0. The van der Waals surface area contributed by atoms with Crippen LogP contribution in [0.2, 0.25) is 0 Å². The first kappa shape index (κ1) is 3.67. The summed E-state index contributed by atoms with van der Waals surface area (Å²) >= 11 is 1.11. The molecule has 1 heterocycles. The van der Waals surface area contributed by atoms with E-state index in [0.29, 0.717) is 5.82 Å². The van der Waals surface area contributed by atoms with E-state index < -0.39 is 0 Å². The molecule has 34 valence electrons. The molecule has 0 amide bonds. The van der Waals surface area contributed by atoms with Crippen LogP contribution in [0, 0.1) is 0 Å². The average Bonchev–Trinajstić information content (AvgIpc) is 1.86. The SMILES string of the molecule is NC1=COSN1. The second-order valence-corrected chi connectivity index (χ2v) is 1.42. The van der Waals surface area contributed by atoms with Crippen molar-refractivity contribution in [2.75, 3.05) is 0 Å². The summed E-state index contributed by atoms with van der Waals surface area (Å²) < 4.78 is 7.23. The van der Waals surface area contributed by atoms with Crippen LogP contribution in [0.5, 0.6) is 0 Å². The fourth-order valence-corrected chi connectivity index (χ4v) is 0.516. The van der Waals surface area contributed by atoms with Crippen LogP contribution < -0.4 is 10.5 Å². The number of hydrogen-bond donors (Lipinski definition) is 2. The molecule has 0 radical (unpaired) electrons. The Bertz CT molecular complexity index is 81.6. The maximum absolute atomic E-state index is 5.14. The zero-order chi connectivity index (χ0) is 4.41. The van der Waals surface area contributed by atoms with Gasteiger partial charge in [-0.15, -0.1) is 0 Å². The van der Waals surface area contributed by atoms with Crippen LogP contribution in [0.15, 0.2) is 12.1 Å². The second-order valence-electron chi connectivity index (χ2n) is 0.855. The quantitative estimate of drug-likeness (QED) is 0.333. The first-order chi connectivity index (χ1) is 2.89. The van der Waals surface area contributed by atoms with Gasteiger partial charge in [0.15, 0.2) is 12.2 Å². The van der Waals surface area contributed by atoms with E-state index in [-0.39, 0.29) is 0 Å². The largest absolute Gasteiger partial charge is 0.409 e. The molecule has 1 aliphatic heterocycles.